The fourth-order valence-electron chi connectivity index (χ4n) is 2.26. The van der Waals surface area contributed by atoms with Crippen LogP contribution in [0.1, 0.15) is 46.2 Å². The van der Waals surface area contributed by atoms with Crippen molar-refractivity contribution >= 4 is 18.0 Å². The number of phenols is 2. The lowest BCUT2D eigenvalue weighted by Gasteiger charge is -2.25. The number of carbonyl (C=O) groups excluding carboxylic acids is 2. The molecule has 150 valence electrons. The van der Waals surface area contributed by atoms with Crippen LogP contribution < -0.4 is 10.6 Å². The molecule has 0 heterocycles. The van der Waals surface area contributed by atoms with Gasteiger partial charge in [0.1, 0.15) is 29.2 Å². The van der Waals surface area contributed by atoms with E-state index in [0.29, 0.717) is 0 Å². The summed E-state index contributed by atoms with van der Waals surface area (Å²) in [7, 11) is 0. The summed E-state index contributed by atoms with van der Waals surface area (Å²) in [5.74, 6) is -3.12. The number of hydrogen-bond donors (Lipinski definition) is 5. The standard InChI is InChI=1S/C18H26N2O7/c1-9(2)13(16(24)25)19-15(23)14(20-17(26)27-18(3,4)5)10-6-11(21)8-12(22)7-10/h6-9,13-14,21-22H,1-5H3,(H,19,23)(H,20,26)(H,24,25)/t13-,14+/m0/s1. The van der Waals surface area contributed by atoms with Crippen LogP contribution in [0.3, 0.4) is 0 Å². The van der Waals surface area contributed by atoms with E-state index in [1.807, 2.05) is 0 Å². The number of ether oxygens (including phenoxy) is 1. The molecular formula is C18H26N2O7. The van der Waals surface area contributed by atoms with Crippen LogP contribution in [0.2, 0.25) is 0 Å². The Bertz CT molecular complexity index is 690. The number of nitrogens with one attached hydrogen (secondary N) is 2. The number of carboxylic acid groups (broad SMARTS) is 1. The van der Waals surface area contributed by atoms with Crippen LogP contribution in [0.15, 0.2) is 18.2 Å². The summed E-state index contributed by atoms with van der Waals surface area (Å²) in [4.78, 5) is 36.1. The van der Waals surface area contributed by atoms with Gasteiger partial charge in [-0.3, -0.25) is 4.79 Å². The largest absolute Gasteiger partial charge is 0.508 e. The van der Waals surface area contributed by atoms with E-state index in [2.05, 4.69) is 10.6 Å². The number of phenolic OH excluding ortho intramolecular Hbond substituents is 2. The first-order chi connectivity index (χ1) is 12.3. The van der Waals surface area contributed by atoms with Crippen LogP contribution in [0, 0.1) is 5.92 Å². The fourth-order valence-corrected chi connectivity index (χ4v) is 2.26. The number of rotatable bonds is 6. The van der Waals surface area contributed by atoms with Crippen LogP contribution in [0.4, 0.5) is 4.79 Å². The molecule has 1 aromatic rings. The molecule has 0 saturated heterocycles. The first-order valence-corrected chi connectivity index (χ1v) is 8.35. The van der Waals surface area contributed by atoms with Crippen molar-refractivity contribution in [1.29, 1.82) is 0 Å². The van der Waals surface area contributed by atoms with Gasteiger partial charge in [-0.15, -0.1) is 0 Å². The van der Waals surface area contributed by atoms with Crippen molar-refractivity contribution in [3.05, 3.63) is 23.8 Å². The van der Waals surface area contributed by atoms with Crippen molar-refractivity contribution in [2.45, 2.75) is 52.3 Å². The summed E-state index contributed by atoms with van der Waals surface area (Å²) in [5.41, 5.74) is -0.767. The van der Waals surface area contributed by atoms with E-state index in [1.165, 1.54) is 12.1 Å². The summed E-state index contributed by atoms with van der Waals surface area (Å²) in [6.07, 6.45) is -0.915. The Morgan fingerprint density at radius 2 is 1.52 bits per heavy atom. The SMILES string of the molecule is CC(C)[C@H](NC(=O)[C@H](NC(=O)OC(C)(C)C)c1cc(O)cc(O)c1)C(=O)O. The van der Waals surface area contributed by atoms with Gasteiger partial charge in [-0.2, -0.15) is 0 Å². The molecule has 5 N–H and O–H groups in total. The molecular weight excluding hydrogens is 356 g/mol. The molecule has 9 nitrogen and oxygen atoms in total. The van der Waals surface area contributed by atoms with Gasteiger partial charge in [0.05, 0.1) is 0 Å². The van der Waals surface area contributed by atoms with Crippen molar-refractivity contribution in [3.63, 3.8) is 0 Å². The zero-order chi connectivity index (χ0) is 20.9. The number of alkyl carbamates (subject to hydrolysis) is 1. The summed E-state index contributed by atoms with van der Waals surface area (Å²) < 4.78 is 5.13. The third-order valence-corrected chi connectivity index (χ3v) is 3.41. The Morgan fingerprint density at radius 3 is 1.93 bits per heavy atom. The number of aromatic hydroxyl groups is 2. The molecule has 27 heavy (non-hydrogen) atoms. The Balaban J connectivity index is 3.18. The lowest BCUT2D eigenvalue weighted by Crippen LogP contribution is -2.49. The second-order valence-electron chi connectivity index (χ2n) is 7.43. The number of benzene rings is 1. The third kappa shape index (κ3) is 7.04. The number of carboxylic acids is 1. The van der Waals surface area contributed by atoms with Crippen LogP contribution >= 0.6 is 0 Å². The van der Waals surface area contributed by atoms with Gasteiger partial charge in [0.15, 0.2) is 0 Å². The van der Waals surface area contributed by atoms with E-state index in [9.17, 15) is 29.7 Å². The summed E-state index contributed by atoms with van der Waals surface area (Å²) in [5, 5.41) is 33.3. The molecule has 0 unspecified atom stereocenters. The van der Waals surface area contributed by atoms with Gasteiger partial charge in [-0.25, -0.2) is 9.59 Å². The highest BCUT2D eigenvalue weighted by Gasteiger charge is 2.31. The minimum absolute atomic E-state index is 0.0590. The van der Waals surface area contributed by atoms with Gasteiger partial charge in [0.25, 0.3) is 0 Å². The molecule has 0 spiro atoms. The highest BCUT2D eigenvalue weighted by atomic mass is 16.6. The minimum Gasteiger partial charge on any atom is -0.508 e. The molecule has 0 aliphatic rings. The molecule has 9 heteroatoms. The van der Waals surface area contributed by atoms with Gasteiger partial charge in [-0.05, 0) is 44.4 Å². The summed E-state index contributed by atoms with van der Waals surface area (Å²) >= 11 is 0. The monoisotopic (exact) mass is 382 g/mol. The fraction of sp³-hybridized carbons (Fsp3) is 0.500. The van der Waals surface area contributed by atoms with Crippen molar-refractivity contribution in [1.82, 2.24) is 10.6 Å². The first kappa shape index (κ1) is 22.1. The van der Waals surface area contributed by atoms with Crippen molar-refractivity contribution < 1.29 is 34.4 Å². The predicted octanol–water partition coefficient (Wildman–Crippen LogP) is 1.89. The molecule has 0 radical (unpaired) electrons. The number of aliphatic carboxylic acids is 1. The van der Waals surface area contributed by atoms with E-state index in [0.717, 1.165) is 6.07 Å². The molecule has 0 aliphatic heterocycles. The van der Waals surface area contributed by atoms with Gasteiger partial charge >= 0.3 is 12.1 Å². The summed E-state index contributed by atoms with van der Waals surface area (Å²) in [6, 6.07) is 0.823. The maximum absolute atomic E-state index is 12.7. The van der Waals surface area contributed by atoms with Crippen molar-refractivity contribution in [2.75, 3.05) is 0 Å². The average Bonchev–Trinajstić information content (AvgIpc) is 2.46. The van der Waals surface area contributed by atoms with Gasteiger partial charge in [0, 0.05) is 6.07 Å². The van der Waals surface area contributed by atoms with Gasteiger partial charge in [0.2, 0.25) is 5.91 Å². The molecule has 2 atom stereocenters. The van der Waals surface area contributed by atoms with E-state index in [-0.39, 0.29) is 17.1 Å². The molecule has 0 bridgehead atoms. The van der Waals surface area contributed by atoms with Gasteiger partial charge in [-0.1, -0.05) is 13.8 Å². The quantitative estimate of drug-likeness (QED) is 0.505. The van der Waals surface area contributed by atoms with E-state index < -0.39 is 41.6 Å². The maximum atomic E-state index is 12.7. The molecule has 2 amide bonds. The second-order valence-corrected chi connectivity index (χ2v) is 7.43. The topological polar surface area (TPSA) is 145 Å². The van der Waals surface area contributed by atoms with E-state index in [4.69, 9.17) is 4.74 Å². The highest BCUT2D eigenvalue weighted by molar-refractivity contribution is 5.90. The Hall–Kier alpha value is -2.97. The highest BCUT2D eigenvalue weighted by Crippen LogP contribution is 2.26. The number of carbonyl (C=O) groups is 3. The molecule has 1 rings (SSSR count). The normalized spacial score (nSPS) is 13.6. The number of hydrogen-bond acceptors (Lipinski definition) is 6. The Labute approximate surface area is 157 Å². The lowest BCUT2D eigenvalue weighted by atomic mass is 10.0. The third-order valence-electron chi connectivity index (χ3n) is 3.41. The average molecular weight is 382 g/mol. The van der Waals surface area contributed by atoms with E-state index in [1.54, 1.807) is 34.6 Å². The Kier molecular flexibility index (Phi) is 7.04. The van der Waals surface area contributed by atoms with Crippen LogP contribution in [-0.4, -0.2) is 44.9 Å². The van der Waals surface area contributed by atoms with E-state index >= 15 is 0 Å². The molecule has 0 aromatic heterocycles. The zero-order valence-electron chi connectivity index (χ0n) is 15.9. The molecule has 0 fully saturated rings. The van der Waals surface area contributed by atoms with Crippen LogP contribution in [-0.2, 0) is 14.3 Å². The lowest BCUT2D eigenvalue weighted by molar-refractivity contribution is -0.143. The minimum atomic E-state index is -1.39. The van der Waals surface area contributed by atoms with Crippen LogP contribution in [0.5, 0.6) is 11.5 Å². The van der Waals surface area contributed by atoms with Crippen molar-refractivity contribution in [2.24, 2.45) is 5.92 Å². The van der Waals surface area contributed by atoms with Crippen LogP contribution in [0.25, 0.3) is 0 Å². The van der Waals surface area contributed by atoms with Gasteiger partial charge < -0.3 is 30.7 Å². The smallest absolute Gasteiger partial charge is 0.408 e. The van der Waals surface area contributed by atoms with Crippen molar-refractivity contribution in [3.8, 4) is 11.5 Å². The number of amides is 2. The predicted molar refractivity (Wildman–Crippen MR) is 96.3 cm³/mol. The zero-order valence-corrected chi connectivity index (χ0v) is 15.9. The molecule has 0 aliphatic carbocycles. The molecule has 1 aromatic carbocycles. The Morgan fingerprint density at radius 1 is 1.00 bits per heavy atom. The molecule has 0 saturated carbocycles. The summed E-state index contributed by atoms with van der Waals surface area (Å²) in [6.45, 7) is 8.16. The first-order valence-electron chi connectivity index (χ1n) is 8.35. The maximum Gasteiger partial charge on any atom is 0.408 e. The second kappa shape index (κ2) is 8.61.